The number of hydrogen-bond donors (Lipinski definition) is 1. The molecule has 0 spiro atoms. The maximum atomic E-state index is 15.0. The Morgan fingerprint density at radius 2 is 1.55 bits per heavy atom. The van der Waals surface area contributed by atoms with Crippen molar-refractivity contribution in [3.63, 3.8) is 0 Å². The minimum atomic E-state index is -4.31. The number of para-hydroxylation sites is 1. The van der Waals surface area contributed by atoms with Crippen molar-refractivity contribution in [2.45, 2.75) is 69.5 Å². The first-order valence-corrected chi connectivity index (χ1v) is 15.1. The minimum Gasteiger partial charge on any atom is -0.352 e. The number of rotatable bonds is 10. The Labute approximate surface area is 236 Å². The Bertz CT molecular complexity index is 1410. The van der Waals surface area contributed by atoms with Crippen LogP contribution >= 0.6 is 0 Å². The number of amides is 2. The van der Waals surface area contributed by atoms with Crippen LogP contribution in [-0.4, -0.2) is 43.8 Å². The highest BCUT2D eigenvalue weighted by atomic mass is 32.2. The molecule has 4 rings (SSSR count). The van der Waals surface area contributed by atoms with Gasteiger partial charge in [0.15, 0.2) is 0 Å². The fourth-order valence-electron chi connectivity index (χ4n) is 4.93. The Kier molecular flexibility index (Phi) is 9.58. The van der Waals surface area contributed by atoms with Gasteiger partial charge in [-0.1, -0.05) is 79.4 Å². The van der Waals surface area contributed by atoms with Crippen molar-refractivity contribution < 1.29 is 22.4 Å². The van der Waals surface area contributed by atoms with Gasteiger partial charge in [0.1, 0.15) is 18.4 Å². The number of halogens is 1. The Hall–Kier alpha value is -3.72. The predicted molar refractivity (Wildman–Crippen MR) is 154 cm³/mol. The molecule has 0 unspecified atom stereocenters. The molecule has 40 heavy (non-hydrogen) atoms. The van der Waals surface area contributed by atoms with Gasteiger partial charge in [-0.05, 0) is 56.5 Å². The summed E-state index contributed by atoms with van der Waals surface area (Å²) in [5, 5.41) is 3.07. The second kappa shape index (κ2) is 13.1. The molecule has 0 aromatic heterocycles. The van der Waals surface area contributed by atoms with Crippen molar-refractivity contribution >= 4 is 27.5 Å². The molecule has 1 aliphatic rings. The molecule has 2 amide bonds. The van der Waals surface area contributed by atoms with E-state index in [4.69, 9.17) is 0 Å². The van der Waals surface area contributed by atoms with Crippen LogP contribution in [0.15, 0.2) is 83.8 Å². The highest BCUT2D eigenvalue weighted by Gasteiger charge is 2.34. The topological polar surface area (TPSA) is 86.8 Å². The molecule has 1 atom stereocenters. The summed E-state index contributed by atoms with van der Waals surface area (Å²) in [6.45, 7) is 3.01. The SMILES string of the molecule is Cc1ccc(CN(C(=O)CN(c2ccccc2F)S(=O)(=O)c2ccccc2)[C@@H](C)C(=O)NC2CCCCC2)cc1. The summed E-state index contributed by atoms with van der Waals surface area (Å²) in [7, 11) is -4.31. The fraction of sp³-hybridized carbons (Fsp3) is 0.355. The van der Waals surface area contributed by atoms with Crippen molar-refractivity contribution in [1.82, 2.24) is 10.2 Å². The summed E-state index contributed by atoms with van der Waals surface area (Å²) in [5.41, 5.74) is 1.60. The van der Waals surface area contributed by atoms with E-state index < -0.39 is 34.3 Å². The largest absolute Gasteiger partial charge is 0.352 e. The van der Waals surface area contributed by atoms with Gasteiger partial charge in [-0.2, -0.15) is 0 Å². The van der Waals surface area contributed by atoms with Crippen molar-refractivity contribution in [3.8, 4) is 0 Å². The van der Waals surface area contributed by atoms with Gasteiger partial charge in [0.05, 0.1) is 10.6 Å². The molecule has 1 saturated carbocycles. The first kappa shape index (κ1) is 29.3. The first-order valence-electron chi connectivity index (χ1n) is 13.6. The van der Waals surface area contributed by atoms with Crippen molar-refractivity contribution in [1.29, 1.82) is 0 Å². The number of nitrogens with one attached hydrogen (secondary N) is 1. The van der Waals surface area contributed by atoms with E-state index in [-0.39, 0.29) is 29.1 Å². The molecule has 0 radical (unpaired) electrons. The van der Waals surface area contributed by atoms with Crippen LogP contribution in [0.1, 0.15) is 50.2 Å². The molecule has 212 valence electrons. The highest BCUT2D eigenvalue weighted by Crippen LogP contribution is 2.27. The van der Waals surface area contributed by atoms with E-state index in [0.717, 1.165) is 53.6 Å². The molecule has 3 aromatic rings. The number of benzene rings is 3. The van der Waals surface area contributed by atoms with Crippen molar-refractivity contribution in [2.75, 3.05) is 10.8 Å². The Morgan fingerprint density at radius 1 is 0.925 bits per heavy atom. The van der Waals surface area contributed by atoms with Gasteiger partial charge in [0, 0.05) is 12.6 Å². The summed E-state index contributed by atoms with van der Waals surface area (Å²) in [6.07, 6.45) is 5.00. The van der Waals surface area contributed by atoms with E-state index in [1.807, 2.05) is 31.2 Å². The molecule has 1 N–H and O–H groups in total. The standard InChI is InChI=1S/C31H36FN3O4S/c1-23-17-19-25(20-18-23)21-34(24(2)31(37)33-26-11-5-3-6-12-26)30(36)22-35(29-16-10-9-15-28(29)32)40(38,39)27-13-7-4-8-14-27/h4,7-10,13-20,24,26H,3,5-6,11-12,21-22H2,1-2H3,(H,33,37)/t24-/m0/s1. The first-order chi connectivity index (χ1) is 19.2. The monoisotopic (exact) mass is 565 g/mol. The van der Waals surface area contributed by atoms with E-state index in [0.29, 0.717) is 0 Å². The predicted octanol–water partition coefficient (Wildman–Crippen LogP) is 5.20. The number of sulfonamides is 1. The van der Waals surface area contributed by atoms with Crippen LogP contribution in [0.3, 0.4) is 0 Å². The average molecular weight is 566 g/mol. The molecule has 9 heteroatoms. The maximum absolute atomic E-state index is 15.0. The fourth-order valence-corrected chi connectivity index (χ4v) is 6.37. The summed E-state index contributed by atoms with van der Waals surface area (Å²) in [5.74, 6) is -1.69. The van der Waals surface area contributed by atoms with Gasteiger partial charge in [0.25, 0.3) is 10.0 Å². The smallest absolute Gasteiger partial charge is 0.264 e. The maximum Gasteiger partial charge on any atom is 0.264 e. The van der Waals surface area contributed by atoms with Crippen LogP contribution in [0.5, 0.6) is 0 Å². The molecular weight excluding hydrogens is 529 g/mol. The number of hydrogen-bond acceptors (Lipinski definition) is 4. The van der Waals surface area contributed by atoms with Gasteiger partial charge >= 0.3 is 0 Å². The third-order valence-corrected chi connectivity index (χ3v) is 9.10. The van der Waals surface area contributed by atoms with Gasteiger partial charge in [-0.25, -0.2) is 12.8 Å². The zero-order valence-electron chi connectivity index (χ0n) is 22.9. The van der Waals surface area contributed by atoms with Crippen LogP contribution in [-0.2, 0) is 26.2 Å². The van der Waals surface area contributed by atoms with Crippen LogP contribution in [0.25, 0.3) is 0 Å². The summed E-state index contributed by atoms with van der Waals surface area (Å²) in [4.78, 5) is 28.6. The molecule has 0 aliphatic heterocycles. The number of anilines is 1. The lowest BCUT2D eigenvalue weighted by molar-refractivity contribution is -0.139. The summed E-state index contributed by atoms with van der Waals surface area (Å²) < 4.78 is 43.2. The second-order valence-electron chi connectivity index (χ2n) is 10.3. The lowest BCUT2D eigenvalue weighted by atomic mass is 9.95. The van der Waals surface area contributed by atoms with E-state index in [9.17, 15) is 22.4 Å². The highest BCUT2D eigenvalue weighted by molar-refractivity contribution is 7.92. The molecular formula is C31H36FN3O4S. The van der Waals surface area contributed by atoms with Gasteiger partial charge in [-0.3, -0.25) is 13.9 Å². The second-order valence-corrected chi connectivity index (χ2v) is 12.2. The minimum absolute atomic E-state index is 0.0494. The van der Waals surface area contributed by atoms with Crippen molar-refractivity contribution in [3.05, 3.63) is 95.8 Å². The van der Waals surface area contributed by atoms with E-state index >= 15 is 0 Å². The molecule has 0 heterocycles. The van der Waals surface area contributed by atoms with Crippen LogP contribution in [0.2, 0.25) is 0 Å². The normalized spacial score (nSPS) is 14.8. The average Bonchev–Trinajstić information content (AvgIpc) is 2.96. The van der Waals surface area contributed by atoms with Crippen LogP contribution in [0.4, 0.5) is 10.1 Å². The van der Waals surface area contributed by atoms with Gasteiger partial charge < -0.3 is 10.2 Å². The van der Waals surface area contributed by atoms with E-state index in [1.165, 1.54) is 35.2 Å². The Balaban J connectivity index is 1.67. The summed E-state index contributed by atoms with van der Waals surface area (Å²) in [6, 6.07) is 19.8. The van der Waals surface area contributed by atoms with Crippen molar-refractivity contribution in [2.24, 2.45) is 0 Å². The molecule has 7 nitrogen and oxygen atoms in total. The van der Waals surface area contributed by atoms with E-state index in [2.05, 4.69) is 5.32 Å². The third-order valence-electron chi connectivity index (χ3n) is 7.32. The molecule has 0 bridgehead atoms. The van der Waals surface area contributed by atoms with Crippen LogP contribution in [0, 0.1) is 12.7 Å². The zero-order valence-corrected chi connectivity index (χ0v) is 23.7. The van der Waals surface area contributed by atoms with E-state index in [1.54, 1.807) is 25.1 Å². The van der Waals surface area contributed by atoms with Gasteiger partial charge in [-0.15, -0.1) is 0 Å². The lowest BCUT2D eigenvalue weighted by Crippen LogP contribution is -2.53. The Morgan fingerprint density at radius 3 is 2.20 bits per heavy atom. The number of nitrogens with zero attached hydrogens (tertiary/aromatic N) is 2. The number of carbonyl (C=O) groups excluding carboxylic acids is 2. The number of carbonyl (C=O) groups is 2. The third kappa shape index (κ3) is 7.07. The number of aryl methyl sites for hydroxylation is 1. The van der Waals surface area contributed by atoms with Crippen LogP contribution < -0.4 is 9.62 Å². The quantitative estimate of drug-likeness (QED) is 0.366. The molecule has 0 saturated heterocycles. The summed E-state index contributed by atoms with van der Waals surface area (Å²) >= 11 is 0. The molecule has 1 aliphatic carbocycles. The van der Waals surface area contributed by atoms with Gasteiger partial charge in [0.2, 0.25) is 11.8 Å². The lowest BCUT2D eigenvalue weighted by Gasteiger charge is -2.33. The molecule has 3 aromatic carbocycles. The zero-order chi connectivity index (χ0) is 28.7. The molecule has 1 fully saturated rings.